The highest BCUT2D eigenvalue weighted by molar-refractivity contribution is 5.94. The van der Waals surface area contributed by atoms with E-state index < -0.39 is 0 Å². The van der Waals surface area contributed by atoms with E-state index in [1.165, 1.54) is 23.4 Å². The zero-order chi connectivity index (χ0) is 10.6. The first-order chi connectivity index (χ1) is 6.65. The largest absolute Gasteiger partial charge is 0.506 e. The lowest BCUT2D eigenvalue weighted by molar-refractivity contribution is 0.0811. The first kappa shape index (κ1) is 10.1. The number of hydrogen-bond acceptors (Lipinski definition) is 3. The second kappa shape index (κ2) is 4.28. The van der Waals surface area contributed by atoms with Crippen LogP contribution in [-0.4, -0.2) is 34.5 Å². The molecule has 4 heteroatoms. The van der Waals surface area contributed by atoms with Gasteiger partial charge in [0.1, 0.15) is 5.75 Å². The van der Waals surface area contributed by atoms with Crippen LogP contribution in [0.2, 0.25) is 0 Å². The van der Waals surface area contributed by atoms with E-state index in [1.807, 2.05) is 0 Å². The number of aromatic hydroxyl groups is 1. The van der Waals surface area contributed by atoms with Crippen molar-refractivity contribution in [3.63, 3.8) is 0 Å². The number of pyridine rings is 1. The van der Waals surface area contributed by atoms with Crippen LogP contribution in [0, 0.1) is 12.3 Å². The van der Waals surface area contributed by atoms with Gasteiger partial charge in [0.05, 0.1) is 18.3 Å². The Morgan fingerprint density at radius 3 is 3.00 bits per heavy atom. The lowest BCUT2D eigenvalue weighted by Crippen LogP contribution is -2.26. The molecule has 0 aromatic carbocycles. The molecule has 0 unspecified atom stereocenters. The number of carbonyl (C=O) groups excluding carboxylic acids is 1. The SMILES string of the molecule is C#CCN(C)C(=O)c1cncc(O)c1. The van der Waals surface area contributed by atoms with E-state index in [9.17, 15) is 4.79 Å². The highest BCUT2D eigenvalue weighted by atomic mass is 16.3. The third-order valence-electron chi connectivity index (χ3n) is 1.65. The Morgan fingerprint density at radius 1 is 1.71 bits per heavy atom. The molecular weight excluding hydrogens is 180 g/mol. The molecule has 0 aliphatic carbocycles. The molecule has 4 nitrogen and oxygen atoms in total. The van der Waals surface area contributed by atoms with Gasteiger partial charge in [-0.1, -0.05) is 5.92 Å². The Labute approximate surface area is 82.2 Å². The molecule has 1 rings (SSSR count). The van der Waals surface area contributed by atoms with Gasteiger partial charge in [0.2, 0.25) is 0 Å². The molecule has 0 saturated carbocycles. The lowest BCUT2D eigenvalue weighted by atomic mass is 10.2. The molecule has 72 valence electrons. The van der Waals surface area contributed by atoms with Crippen molar-refractivity contribution in [2.45, 2.75) is 0 Å². The van der Waals surface area contributed by atoms with Gasteiger partial charge in [-0.2, -0.15) is 0 Å². The molecule has 0 saturated heterocycles. The van der Waals surface area contributed by atoms with Crippen molar-refractivity contribution in [3.05, 3.63) is 24.0 Å². The minimum atomic E-state index is -0.258. The van der Waals surface area contributed by atoms with E-state index in [1.54, 1.807) is 7.05 Å². The molecule has 1 amide bonds. The van der Waals surface area contributed by atoms with Gasteiger partial charge in [0, 0.05) is 13.2 Å². The van der Waals surface area contributed by atoms with Crippen molar-refractivity contribution in [1.82, 2.24) is 9.88 Å². The number of nitrogens with zero attached hydrogens (tertiary/aromatic N) is 2. The molecule has 0 spiro atoms. The lowest BCUT2D eigenvalue weighted by Gasteiger charge is -2.13. The Balaban J connectivity index is 2.85. The minimum Gasteiger partial charge on any atom is -0.506 e. The smallest absolute Gasteiger partial charge is 0.256 e. The molecule has 0 fully saturated rings. The molecule has 1 aromatic rings. The van der Waals surface area contributed by atoms with Crippen molar-refractivity contribution in [1.29, 1.82) is 0 Å². The average molecular weight is 190 g/mol. The first-order valence-corrected chi connectivity index (χ1v) is 3.98. The Kier molecular flexibility index (Phi) is 3.08. The Morgan fingerprint density at radius 2 is 2.43 bits per heavy atom. The molecule has 0 aliphatic heterocycles. The van der Waals surface area contributed by atoms with Crippen molar-refractivity contribution in [2.75, 3.05) is 13.6 Å². The summed E-state index contributed by atoms with van der Waals surface area (Å²) in [4.78, 5) is 16.6. The van der Waals surface area contributed by atoms with Gasteiger partial charge in [-0.3, -0.25) is 9.78 Å². The third kappa shape index (κ3) is 2.23. The van der Waals surface area contributed by atoms with E-state index in [2.05, 4.69) is 10.9 Å². The highest BCUT2D eigenvalue weighted by Gasteiger charge is 2.10. The fourth-order valence-corrected chi connectivity index (χ4v) is 0.974. The van der Waals surface area contributed by atoms with Gasteiger partial charge in [-0.05, 0) is 6.07 Å². The second-order valence-corrected chi connectivity index (χ2v) is 2.80. The zero-order valence-corrected chi connectivity index (χ0v) is 7.77. The highest BCUT2D eigenvalue weighted by Crippen LogP contribution is 2.09. The molecule has 0 atom stereocenters. The number of aromatic nitrogens is 1. The molecule has 0 aliphatic rings. The average Bonchev–Trinajstić information content (AvgIpc) is 2.17. The number of terminal acetylenes is 1. The van der Waals surface area contributed by atoms with E-state index in [0.29, 0.717) is 5.56 Å². The third-order valence-corrected chi connectivity index (χ3v) is 1.65. The van der Waals surface area contributed by atoms with Crippen molar-refractivity contribution in [2.24, 2.45) is 0 Å². The van der Waals surface area contributed by atoms with Crippen LogP contribution in [0.25, 0.3) is 0 Å². The van der Waals surface area contributed by atoms with Gasteiger partial charge in [0.15, 0.2) is 0 Å². The molecule has 0 bridgehead atoms. The summed E-state index contributed by atoms with van der Waals surface area (Å²) in [5.74, 6) is 2.06. The number of rotatable bonds is 2. The van der Waals surface area contributed by atoms with Crippen LogP contribution in [0.1, 0.15) is 10.4 Å². The Hall–Kier alpha value is -2.02. The molecule has 0 radical (unpaired) electrons. The van der Waals surface area contributed by atoms with Crippen molar-refractivity contribution in [3.8, 4) is 18.1 Å². The van der Waals surface area contributed by atoms with Crippen LogP contribution >= 0.6 is 0 Å². The van der Waals surface area contributed by atoms with Gasteiger partial charge in [0.25, 0.3) is 5.91 Å². The van der Waals surface area contributed by atoms with E-state index in [0.717, 1.165) is 0 Å². The van der Waals surface area contributed by atoms with Crippen LogP contribution in [0.3, 0.4) is 0 Å². The summed E-state index contributed by atoms with van der Waals surface area (Å²) < 4.78 is 0. The number of hydrogen-bond donors (Lipinski definition) is 1. The van der Waals surface area contributed by atoms with Crippen LogP contribution in [0.4, 0.5) is 0 Å². The standard InChI is InChI=1S/C10H10N2O2/c1-3-4-12(2)10(14)8-5-9(13)7-11-6-8/h1,5-7,13H,4H2,2H3. The Bertz CT molecular complexity index is 382. The van der Waals surface area contributed by atoms with Crippen LogP contribution in [0.5, 0.6) is 5.75 Å². The second-order valence-electron chi connectivity index (χ2n) is 2.80. The first-order valence-electron chi connectivity index (χ1n) is 3.98. The predicted octanol–water partition coefficient (Wildman–Crippen LogP) is 0.492. The monoisotopic (exact) mass is 190 g/mol. The minimum absolute atomic E-state index is 0.0371. The molecule has 1 aromatic heterocycles. The molecule has 1 N–H and O–H groups in total. The fraction of sp³-hybridized carbons (Fsp3) is 0.200. The summed E-state index contributed by atoms with van der Waals surface area (Å²) in [6.07, 6.45) is 7.71. The molecule has 14 heavy (non-hydrogen) atoms. The number of carbonyl (C=O) groups is 1. The quantitative estimate of drug-likeness (QED) is 0.690. The van der Waals surface area contributed by atoms with Gasteiger partial charge < -0.3 is 10.0 Å². The van der Waals surface area contributed by atoms with Crippen LogP contribution in [-0.2, 0) is 0 Å². The molecule has 1 heterocycles. The van der Waals surface area contributed by atoms with Crippen molar-refractivity contribution >= 4 is 5.91 Å². The molecular formula is C10H10N2O2. The summed E-state index contributed by atoms with van der Waals surface area (Å²) >= 11 is 0. The maximum Gasteiger partial charge on any atom is 0.256 e. The van der Waals surface area contributed by atoms with Crippen LogP contribution < -0.4 is 0 Å². The van der Waals surface area contributed by atoms with Crippen molar-refractivity contribution < 1.29 is 9.90 Å². The summed E-state index contributed by atoms with van der Waals surface area (Å²) in [6.45, 7) is 0.231. The maximum atomic E-state index is 11.6. The predicted molar refractivity (Wildman–Crippen MR) is 51.7 cm³/mol. The normalized spacial score (nSPS) is 9.14. The summed E-state index contributed by atoms with van der Waals surface area (Å²) in [6, 6.07) is 1.35. The van der Waals surface area contributed by atoms with Gasteiger partial charge >= 0.3 is 0 Å². The number of amides is 1. The van der Waals surface area contributed by atoms with E-state index in [-0.39, 0.29) is 18.2 Å². The topological polar surface area (TPSA) is 53.4 Å². The summed E-state index contributed by atoms with van der Waals surface area (Å²) in [5, 5.41) is 9.10. The zero-order valence-electron chi connectivity index (χ0n) is 7.77. The van der Waals surface area contributed by atoms with Gasteiger partial charge in [-0.25, -0.2) is 0 Å². The van der Waals surface area contributed by atoms with Crippen LogP contribution in [0.15, 0.2) is 18.5 Å². The fourth-order valence-electron chi connectivity index (χ4n) is 0.974. The van der Waals surface area contributed by atoms with E-state index >= 15 is 0 Å². The van der Waals surface area contributed by atoms with E-state index in [4.69, 9.17) is 11.5 Å². The maximum absolute atomic E-state index is 11.6. The summed E-state index contributed by atoms with van der Waals surface area (Å²) in [7, 11) is 1.59. The summed E-state index contributed by atoms with van der Waals surface area (Å²) in [5.41, 5.74) is 0.322. The van der Waals surface area contributed by atoms with Gasteiger partial charge in [-0.15, -0.1) is 6.42 Å².